The number of aromatic hydroxyl groups is 1. The second-order valence-corrected chi connectivity index (χ2v) is 16.4. The van der Waals surface area contributed by atoms with Crippen molar-refractivity contribution in [2.24, 2.45) is 5.41 Å². The lowest BCUT2D eigenvalue weighted by Crippen LogP contribution is -2.43. The van der Waals surface area contributed by atoms with Gasteiger partial charge < -0.3 is 24.4 Å². The van der Waals surface area contributed by atoms with E-state index in [2.05, 4.69) is 13.8 Å². The number of aromatic nitrogens is 1. The molecule has 1 aliphatic heterocycles. The highest BCUT2D eigenvalue weighted by molar-refractivity contribution is 7.91. The van der Waals surface area contributed by atoms with E-state index in [1.807, 2.05) is 72.2 Å². The van der Waals surface area contributed by atoms with Crippen molar-refractivity contribution in [2.75, 3.05) is 37.6 Å². The Kier molecular flexibility index (Phi) is 16.0. The minimum atomic E-state index is -3.92. The predicted octanol–water partition coefficient (Wildman–Crippen LogP) is 6.05. The number of fused-ring (bicyclic) bond motifs is 1. The third kappa shape index (κ3) is 12.3. The van der Waals surface area contributed by atoms with Crippen LogP contribution in [0.5, 0.6) is 11.5 Å². The third-order valence-corrected chi connectivity index (χ3v) is 10.8. The number of rotatable bonds is 14. The minimum absolute atomic E-state index is 0. The quantitative estimate of drug-likeness (QED) is 0.115. The average molecular weight is 721 g/mol. The third-order valence-electron chi connectivity index (χ3n) is 8.82. The summed E-state index contributed by atoms with van der Waals surface area (Å²) < 4.78 is 63.3. The van der Waals surface area contributed by atoms with Crippen LogP contribution in [0.25, 0.3) is 0 Å². The van der Waals surface area contributed by atoms with Gasteiger partial charge >= 0.3 is 0 Å². The maximum Gasteiger partial charge on any atom is 0.210 e. The van der Waals surface area contributed by atoms with Gasteiger partial charge in [0, 0.05) is 49.9 Å². The van der Waals surface area contributed by atoms with Gasteiger partial charge in [-0.15, -0.1) is 0 Å². The van der Waals surface area contributed by atoms with Gasteiger partial charge in [0.2, 0.25) is 6.20 Å². The largest absolute Gasteiger partial charge is 0.748 e. The van der Waals surface area contributed by atoms with Crippen LogP contribution in [0.3, 0.4) is 0 Å². The van der Waals surface area contributed by atoms with Crippen LogP contribution in [0.2, 0.25) is 0 Å². The molecule has 0 spiro atoms. The Bertz CT molecular complexity index is 1660. The van der Waals surface area contributed by atoms with Gasteiger partial charge in [0.15, 0.2) is 21.8 Å². The molecule has 4 rings (SSSR count). The number of aliphatic hydroxyl groups excluding tert-OH is 1. The number of hydrogen-bond acceptors (Lipinski definition) is 9. The van der Waals surface area contributed by atoms with Gasteiger partial charge in [-0.25, -0.2) is 21.4 Å². The first-order valence-electron chi connectivity index (χ1n) is 16.6. The SMILES string of the molecule is C.CCCCC1(CCCC)CS(=O)(=O)c2ccc(N(C)C)cc2[C@@H](c2ccc(OCCCC[n+]3cccc(O)c3)cc2)[C@H]1O.CS(=O)(=O)[O-]. The Morgan fingerprint density at radius 1 is 1.00 bits per heavy atom. The average Bonchev–Trinajstić information content (AvgIpc) is 3.08. The molecular formula is C37H56N2O8S2. The number of anilines is 1. The first kappa shape index (κ1) is 42.0. The Hall–Kier alpha value is -3.19. The molecule has 2 N–H and O–H groups in total. The Morgan fingerprint density at radius 3 is 2.16 bits per heavy atom. The van der Waals surface area contributed by atoms with Crippen molar-refractivity contribution < 1.29 is 40.9 Å². The second-order valence-electron chi connectivity index (χ2n) is 13.0. The van der Waals surface area contributed by atoms with Gasteiger partial charge in [0.05, 0.1) is 33.5 Å². The zero-order valence-corrected chi connectivity index (χ0v) is 30.5. The lowest BCUT2D eigenvalue weighted by atomic mass is 9.68. The van der Waals surface area contributed by atoms with Crippen LogP contribution in [-0.4, -0.2) is 70.4 Å². The number of ether oxygens (including phenoxy) is 1. The van der Waals surface area contributed by atoms with Gasteiger partial charge in [-0.05, 0) is 66.8 Å². The number of unbranched alkanes of at least 4 members (excludes halogenated alkanes) is 3. The number of hydrogen-bond donors (Lipinski definition) is 2. The molecule has 0 unspecified atom stereocenters. The molecule has 274 valence electrons. The van der Waals surface area contributed by atoms with Gasteiger partial charge in [0.1, 0.15) is 12.3 Å². The Balaban J connectivity index is 0.00000129. The lowest BCUT2D eigenvalue weighted by molar-refractivity contribution is -0.697. The molecule has 3 aromatic rings. The van der Waals surface area contributed by atoms with E-state index in [1.165, 1.54) is 0 Å². The molecule has 0 amide bonds. The first-order valence-corrected chi connectivity index (χ1v) is 20.1. The summed E-state index contributed by atoms with van der Waals surface area (Å²) in [6.07, 6.45) is 10.2. The van der Waals surface area contributed by atoms with E-state index in [0.717, 1.165) is 62.1 Å². The van der Waals surface area contributed by atoms with E-state index in [-0.39, 0.29) is 18.9 Å². The smallest absolute Gasteiger partial charge is 0.210 e. The fraction of sp³-hybridized carbons (Fsp3) is 0.541. The molecule has 0 aliphatic carbocycles. The Labute approximate surface area is 294 Å². The minimum Gasteiger partial charge on any atom is -0.748 e. The molecule has 10 nitrogen and oxygen atoms in total. The van der Waals surface area contributed by atoms with E-state index in [9.17, 15) is 18.6 Å². The second kappa shape index (κ2) is 18.7. The van der Waals surface area contributed by atoms with Crippen molar-refractivity contribution in [3.63, 3.8) is 0 Å². The van der Waals surface area contributed by atoms with Crippen molar-refractivity contribution in [2.45, 2.75) is 96.1 Å². The molecule has 0 bridgehead atoms. The number of nitrogens with zero attached hydrogens (tertiary/aromatic N) is 2. The van der Waals surface area contributed by atoms with Gasteiger partial charge in [-0.1, -0.05) is 59.1 Å². The van der Waals surface area contributed by atoms with Crippen molar-refractivity contribution in [1.29, 1.82) is 0 Å². The van der Waals surface area contributed by atoms with E-state index in [1.54, 1.807) is 18.3 Å². The molecule has 2 heterocycles. The van der Waals surface area contributed by atoms with E-state index >= 15 is 0 Å². The summed E-state index contributed by atoms with van der Waals surface area (Å²) in [6.45, 7) is 5.59. The van der Waals surface area contributed by atoms with Crippen molar-refractivity contribution in [1.82, 2.24) is 0 Å². The fourth-order valence-corrected chi connectivity index (χ4v) is 8.59. The number of aryl methyl sites for hydroxylation is 1. The van der Waals surface area contributed by atoms with E-state index in [0.29, 0.717) is 36.2 Å². The number of pyridine rings is 1. The molecule has 12 heteroatoms. The van der Waals surface area contributed by atoms with Gasteiger partial charge in [0.25, 0.3) is 0 Å². The van der Waals surface area contributed by atoms with Crippen molar-refractivity contribution >= 4 is 25.6 Å². The van der Waals surface area contributed by atoms with Crippen molar-refractivity contribution in [3.05, 3.63) is 78.1 Å². The topological polar surface area (TPSA) is 148 Å². The highest BCUT2D eigenvalue weighted by Gasteiger charge is 2.49. The molecule has 0 fully saturated rings. The summed E-state index contributed by atoms with van der Waals surface area (Å²) in [7, 11) is -3.66. The molecule has 49 heavy (non-hydrogen) atoms. The normalized spacial score (nSPS) is 17.8. The summed E-state index contributed by atoms with van der Waals surface area (Å²) in [4.78, 5) is 2.31. The molecule has 0 saturated carbocycles. The molecule has 2 aromatic carbocycles. The van der Waals surface area contributed by atoms with Crippen LogP contribution >= 0.6 is 0 Å². The van der Waals surface area contributed by atoms with Gasteiger partial charge in [-0.3, -0.25) is 0 Å². The predicted molar refractivity (Wildman–Crippen MR) is 194 cm³/mol. The number of benzene rings is 2. The summed E-state index contributed by atoms with van der Waals surface area (Å²) in [6, 6.07) is 16.9. The molecule has 0 radical (unpaired) electrons. The van der Waals surface area contributed by atoms with Crippen LogP contribution in [-0.2, 0) is 26.5 Å². The standard InChI is InChI=1S/C35H48N2O5S.CH4O3S.CH4/c1-5-7-19-35(20-8-6-2)26-43(40,41)32-18-15-28(36(3)4)24-31(32)33(34(35)39)27-13-16-30(17-14-27)42-23-10-9-21-37-22-11-12-29(38)25-37;1-5(2,3)4;/h11-18,22,24-25,33-34,39H,5-10,19-21,23,26H2,1-4H3;1H3,(H,2,3,4);1H4/t33-,34-;;/m1../s1. The van der Waals surface area contributed by atoms with E-state index in [4.69, 9.17) is 17.7 Å². The maximum atomic E-state index is 14.0. The zero-order chi connectivity index (χ0) is 35.5. The molecule has 0 saturated heterocycles. The van der Waals surface area contributed by atoms with Crippen LogP contribution < -0.4 is 14.2 Å². The van der Waals surface area contributed by atoms with Crippen LogP contribution in [0, 0.1) is 5.41 Å². The summed E-state index contributed by atoms with van der Waals surface area (Å²) in [5, 5.41) is 22.0. The van der Waals surface area contributed by atoms with Crippen molar-refractivity contribution in [3.8, 4) is 11.5 Å². The Morgan fingerprint density at radius 2 is 1.61 bits per heavy atom. The molecule has 1 aliphatic rings. The van der Waals surface area contributed by atoms with Crippen LogP contribution in [0.4, 0.5) is 5.69 Å². The zero-order valence-electron chi connectivity index (χ0n) is 28.8. The highest BCUT2D eigenvalue weighted by Crippen LogP contribution is 2.50. The monoisotopic (exact) mass is 720 g/mol. The van der Waals surface area contributed by atoms with Crippen LogP contribution in [0.15, 0.2) is 71.9 Å². The van der Waals surface area contributed by atoms with E-state index < -0.39 is 37.4 Å². The fourth-order valence-electron chi connectivity index (χ4n) is 6.40. The lowest BCUT2D eigenvalue weighted by Gasteiger charge is -2.40. The number of sulfone groups is 1. The maximum absolute atomic E-state index is 14.0. The number of aliphatic hydroxyl groups is 1. The molecule has 2 atom stereocenters. The van der Waals surface area contributed by atoms with Crippen LogP contribution in [0.1, 0.15) is 89.7 Å². The molecular weight excluding hydrogens is 665 g/mol. The van der Waals surface area contributed by atoms with Gasteiger partial charge in [-0.2, -0.15) is 0 Å². The highest BCUT2D eigenvalue weighted by atomic mass is 32.2. The first-order chi connectivity index (χ1) is 22.6. The summed E-state index contributed by atoms with van der Waals surface area (Å²) in [5.41, 5.74) is 1.75. The molecule has 1 aromatic heterocycles. The summed E-state index contributed by atoms with van der Waals surface area (Å²) >= 11 is 0. The summed E-state index contributed by atoms with van der Waals surface area (Å²) in [5.74, 6) is 0.488.